The molecular formula is C12H22O11. The molecule has 0 amide bonds. The smallest absolute Gasteiger partial charge is 0.187 e. The highest BCUT2D eigenvalue weighted by Crippen LogP contribution is 2.28. The highest BCUT2D eigenvalue weighted by molar-refractivity contribution is 4.93. The molecule has 0 spiro atoms. The predicted octanol–water partition coefficient (Wildman–Crippen LogP) is -5.40. The molecule has 2 rings (SSSR count). The van der Waals surface area contributed by atoms with E-state index in [9.17, 15) is 30.6 Å². The summed E-state index contributed by atoms with van der Waals surface area (Å²) in [5.74, 6) is 0. The van der Waals surface area contributed by atoms with E-state index in [0.717, 1.165) is 0 Å². The van der Waals surface area contributed by atoms with E-state index >= 15 is 0 Å². The summed E-state index contributed by atoms with van der Waals surface area (Å²) in [4.78, 5) is 0. The standard InChI is InChI=1S/C12H22O11/c13-1-3-5(15)7(17)8(18)12(22-3)23-10-6(16)4(2-14)21-11(20)9(10)19/h3-20H,1-2H2/t3-,4-,5+,6-,7+,8-,9+,10+,11-,12-/m1/s1. The fourth-order valence-electron chi connectivity index (χ4n) is 2.56. The fourth-order valence-corrected chi connectivity index (χ4v) is 2.56. The zero-order valence-corrected chi connectivity index (χ0v) is 12.0. The van der Waals surface area contributed by atoms with Crippen LogP contribution in [0.1, 0.15) is 0 Å². The second-order valence-corrected chi connectivity index (χ2v) is 5.53. The van der Waals surface area contributed by atoms with Gasteiger partial charge in [0, 0.05) is 0 Å². The lowest BCUT2D eigenvalue weighted by molar-refractivity contribution is -0.355. The van der Waals surface area contributed by atoms with E-state index in [4.69, 9.17) is 24.4 Å². The van der Waals surface area contributed by atoms with Crippen molar-refractivity contribution in [2.75, 3.05) is 13.2 Å². The first-order valence-electron chi connectivity index (χ1n) is 7.08. The van der Waals surface area contributed by atoms with Crippen molar-refractivity contribution in [3.8, 4) is 0 Å². The molecule has 0 unspecified atom stereocenters. The lowest BCUT2D eigenvalue weighted by Crippen LogP contribution is -2.64. The third-order valence-electron chi connectivity index (χ3n) is 3.98. The molecule has 2 heterocycles. The molecule has 0 aromatic heterocycles. The lowest BCUT2D eigenvalue weighted by atomic mass is 9.97. The zero-order valence-electron chi connectivity index (χ0n) is 12.0. The first-order chi connectivity index (χ1) is 10.8. The minimum Gasteiger partial charge on any atom is -0.394 e. The molecule has 0 aliphatic carbocycles. The van der Waals surface area contributed by atoms with Gasteiger partial charge in [-0.25, -0.2) is 0 Å². The largest absolute Gasteiger partial charge is 0.394 e. The van der Waals surface area contributed by atoms with Gasteiger partial charge in [0.2, 0.25) is 0 Å². The minimum atomic E-state index is -1.76. The van der Waals surface area contributed by atoms with E-state index in [1.54, 1.807) is 0 Å². The normalized spacial score (nSPS) is 51.7. The maximum Gasteiger partial charge on any atom is 0.187 e. The summed E-state index contributed by atoms with van der Waals surface area (Å²) >= 11 is 0. The van der Waals surface area contributed by atoms with Crippen molar-refractivity contribution in [2.45, 2.75) is 61.4 Å². The van der Waals surface area contributed by atoms with Crippen LogP contribution in [0, 0.1) is 0 Å². The molecule has 8 N–H and O–H groups in total. The number of rotatable bonds is 4. The van der Waals surface area contributed by atoms with Gasteiger partial charge in [-0.05, 0) is 0 Å². The summed E-state index contributed by atoms with van der Waals surface area (Å²) in [6.07, 6.45) is -15.7. The molecule has 136 valence electrons. The Kier molecular flexibility index (Phi) is 6.27. The van der Waals surface area contributed by atoms with Gasteiger partial charge in [-0.15, -0.1) is 0 Å². The van der Waals surface area contributed by atoms with E-state index in [2.05, 4.69) is 0 Å². The molecule has 0 radical (unpaired) electrons. The van der Waals surface area contributed by atoms with Crippen molar-refractivity contribution in [1.29, 1.82) is 0 Å². The van der Waals surface area contributed by atoms with E-state index in [-0.39, 0.29) is 0 Å². The van der Waals surface area contributed by atoms with Crippen molar-refractivity contribution < 1.29 is 55.1 Å². The van der Waals surface area contributed by atoms with Crippen molar-refractivity contribution in [2.24, 2.45) is 0 Å². The van der Waals surface area contributed by atoms with Crippen LogP contribution in [0.15, 0.2) is 0 Å². The van der Waals surface area contributed by atoms with E-state index in [1.807, 2.05) is 0 Å². The highest BCUT2D eigenvalue weighted by Gasteiger charge is 2.50. The molecule has 0 bridgehead atoms. The summed E-state index contributed by atoms with van der Waals surface area (Å²) < 4.78 is 15.1. The van der Waals surface area contributed by atoms with E-state index in [1.165, 1.54) is 0 Å². The monoisotopic (exact) mass is 342 g/mol. The number of hydrogen-bond acceptors (Lipinski definition) is 11. The van der Waals surface area contributed by atoms with Gasteiger partial charge in [0.25, 0.3) is 0 Å². The third-order valence-corrected chi connectivity index (χ3v) is 3.98. The van der Waals surface area contributed by atoms with Crippen LogP contribution >= 0.6 is 0 Å². The van der Waals surface area contributed by atoms with Crippen LogP contribution in [0.25, 0.3) is 0 Å². The van der Waals surface area contributed by atoms with Crippen molar-refractivity contribution in [3.05, 3.63) is 0 Å². The summed E-state index contributed by atoms with van der Waals surface area (Å²) in [5.41, 5.74) is 0. The molecule has 11 nitrogen and oxygen atoms in total. The molecule has 0 aromatic carbocycles. The summed E-state index contributed by atoms with van der Waals surface area (Å²) in [5, 5.41) is 76.8. The van der Waals surface area contributed by atoms with Gasteiger partial charge in [0.15, 0.2) is 12.6 Å². The number of aliphatic hydroxyl groups excluding tert-OH is 8. The second-order valence-electron chi connectivity index (χ2n) is 5.53. The summed E-state index contributed by atoms with van der Waals surface area (Å²) in [6, 6.07) is 0. The summed E-state index contributed by atoms with van der Waals surface area (Å²) in [6.45, 7) is -1.34. The molecule has 2 aliphatic heterocycles. The van der Waals surface area contributed by atoms with Crippen LogP contribution in [0.2, 0.25) is 0 Å². The molecule has 0 aromatic rings. The molecular weight excluding hydrogens is 320 g/mol. The average molecular weight is 342 g/mol. The van der Waals surface area contributed by atoms with Gasteiger partial charge in [0.05, 0.1) is 13.2 Å². The maximum atomic E-state index is 10.00. The number of hydrogen-bond donors (Lipinski definition) is 8. The Hall–Kier alpha value is -0.440. The summed E-state index contributed by atoms with van der Waals surface area (Å²) in [7, 11) is 0. The number of aliphatic hydroxyl groups is 8. The van der Waals surface area contributed by atoms with Gasteiger partial charge in [0.1, 0.15) is 48.8 Å². The molecule has 0 saturated carbocycles. The van der Waals surface area contributed by atoms with Gasteiger partial charge >= 0.3 is 0 Å². The Labute approximate surface area is 130 Å². The van der Waals surface area contributed by atoms with Gasteiger partial charge in [-0.2, -0.15) is 0 Å². The first-order valence-corrected chi connectivity index (χ1v) is 7.08. The van der Waals surface area contributed by atoms with E-state index < -0.39 is 74.6 Å². The molecule has 10 atom stereocenters. The third kappa shape index (κ3) is 3.65. The van der Waals surface area contributed by atoms with Gasteiger partial charge in [-0.1, -0.05) is 0 Å². The average Bonchev–Trinajstić information content (AvgIpc) is 2.54. The molecule has 11 heteroatoms. The van der Waals surface area contributed by atoms with Crippen molar-refractivity contribution in [1.82, 2.24) is 0 Å². The SMILES string of the molecule is OC[C@H]1O[C@H](O[C@@H]2[C@H](O)[C@H](O)O[C@H](CO)[C@H]2O)[C@H](O)[C@@H](O)[C@H]1O. The second kappa shape index (κ2) is 7.63. The van der Waals surface area contributed by atoms with Gasteiger partial charge < -0.3 is 55.1 Å². The molecule has 2 saturated heterocycles. The molecule has 2 fully saturated rings. The van der Waals surface area contributed by atoms with Crippen LogP contribution in [0.5, 0.6) is 0 Å². The van der Waals surface area contributed by atoms with Crippen LogP contribution in [-0.2, 0) is 14.2 Å². The zero-order chi connectivity index (χ0) is 17.3. The van der Waals surface area contributed by atoms with Gasteiger partial charge in [-0.3, -0.25) is 0 Å². The Morgan fingerprint density at radius 3 is 1.78 bits per heavy atom. The molecule has 23 heavy (non-hydrogen) atoms. The van der Waals surface area contributed by atoms with E-state index in [0.29, 0.717) is 0 Å². The minimum absolute atomic E-state index is 0.667. The fraction of sp³-hybridized carbons (Fsp3) is 1.00. The van der Waals surface area contributed by atoms with Crippen LogP contribution in [-0.4, -0.2) is 115 Å². The predicted molar refractivity (Wildman–Crippen MR) is 68.6 cm³/mol. The Morgan fingerprint density at radius 1 is 0.652 bits per heavy atom. The van der Waals surface area contributed by atoms with Crippen LogP contribution in [0.4, 0.5) is 0 Å². The van der Waals surface area contributed by atoms with Crippen molar-refractivity contribution >= 4 is 0 Å². The van der Waals surface area contributed by atoms with Crippen LogP contribution < -0.4 is 0 Å². The number of ether oxygens (including phenoxy) is 3. The first kappa shape index (κ1) is 18.9. The maximum absolute atomic E-state index is 10.00. The topological polar surface area (TPSA) is 190 Å². The lowest BCUT2D eigenvalue weighted by Gasteiger charge is -2.45. The highest BCUT2D eigenvalue weighted by atomic mass is 16.7. The Morgan fingerprint density at radius 2 is 1.22 bits per heavy atom. The van der Waals surface area contributed by atoms with Crippen LogP contribution in [0.3, 0.4) is 0 Å². The molecule has 2 aliphatic rings. The Balaban J connectivity index is 2.11. The van der Waals surface area contributed by atoms with Crippen molar-refractivity contribution in [3.63, 3.8) is 0 Å². The Bertz CT molecular complexity index is 380. The quantitative estimate of drug-likeness (QED) is 0.243.